The fraction of sp³-hybridized carbons (Fsp3) is 0.125. The number of esters is 4. The molecule has 6 aromatic carbocycles. The van der Waals surface area contributed by atoms with E-state index in [0.717, 1.165) is 0 Å². The van der Waals surface area contributed by atoms with E-state index >= 15 is 0 Å². The minimum absolute atomic E-state index is 0.293. The Morgan fingerprint density at radius 2 is 0.654 bits per heavy atom. The first kappa shape index (κ1) is 49.1. The molecule has 3 aliphatic heterocycles. The lowest BCUT2D eigenvalue weighted by Crippen LogP contribution is -2.62. The van der Waals surface area contributed by atoms with Gasteiger partial charge < -0.3 is 119 Å². The van der Waals surface area contributed by atoms with Gasteiger partial charge in [-0.1, -0.05) is 0 Å². The van der Waals surface area contributed by atoms with Crippen LogP contribution in [-0.4, -0.2) is 148 Å². The van der Waals surface area contributed by atoms with Crippen molar-refractivity contribution in [2.75, 3.05) is 6.61 Å². The Hall–Kier alpha value is -11.1. The van der Waals surface area contributed by atoms with Crippen molar-refractivity contribution in [3.05, 3.63) is 67.4 Å². The third-order valence-electron chi connectivity index (χ3n) is 13.2. The minimum Gasteiger partial charge on any atom is -0.504 e. The zero-order valence-corrected chi connectivity index (χ0v) is 37.8. The molecule has 0 radical (unpaired) electrons. The summed E-state index contributed by atoms with van der Waals surface area (Å²) < 4.78 is 38.5. The first-order valence-corrected chi connectivity index (χ1v) is 21.7. The van der Waals surface area contributed by atoms with Crippen LogP contribution in [0.3, 0.4) is 0 Å². The number of phenols is 16. The van der Waals surface area contributed by atoms with Gasteiger partial charge in [0.1, 0.15) is 12.7 Å². The Morgan fingerprint density at radius 1 is 0.346 bits per heavy atom. The predicted octanol–water partition coefficient (Wildman–Crippen LogP) is 1.96. The van der Waals surface area contributed by atoms with Gasteiger partial charge in [-0.2, -0.15) is 0 Å². The smallest absolute Gasteiger partial charge is 0.345 e. The summed E-state index contributed by atoms with van der Waals surface area (Å²) in [6, 6.07) is 1.42. The molecule has 0 amide bonds. The quantitative estimate of drug-likeness (QED) is 0.0339. The van der Waals surface area contributed by atoms with E-state index in [2.05, 4.69) is 0 Å². The van der Waals surface area contributed by atoms with Crippen LogP contribution in [0.5, 0.6) is 92.0 Å². The van der Waals surface area contributed by atoms with E-state index in [1.165, 1.54) is 0 Å². The summed E-state index contributed by atoms with van der Waals surface area (Å²) in [7, 11) is 0. The molecule has 1 saturated heterocycles. The predicted molar refractivity (Wildman–Crippen MR) is 245 cm³/mol. The van der Waals surface area contributed by atoms with Crippen LogP contribution in [0.15, 0.2) is 42.7 Å². The number of rotatable bonds is 0. The SMILES string of the molecule is O=C1O[C@@H]2[C@H]3OC(=O)c4cc(O)c(O)c(O)c4-c4c(O)c(O)c5oc(=O)c6c(c(O)c(O)c7oc(=O)c4c5c76)-c4c(cc(O)c(O)c4O)C(=O)OC[C@@H]3OC(O)[C@H]2OC(=O)c2cc(O)c(O)c(O)c2-c2c1cc(O)c(O)c2O. The van der Waals surface area contributed by atoms with E-state index < -0.39 is 253 Å². The maximum atomic E-state index is 15.0. The fourth-order valence-corrected chi connectivity index (χ4v) is 9.72. The van der Waals surface area contributed by atoms with E-state index in [1.54, 1.807) is 0 Å². The standard InChI is InChI=1S/C48H28O30/c49-10-1-6-17(31(59)27(10)55)19-23-21-22-24(47(70)76-38(21)35(63)33(19)61)20(34(62)36(64)39(22)75-46(23)69)18-9(4-13(52)28(56)32(18)60)43(66)74-37-14(5-72-42(6)65)73-48(71)41-40(37)77-44(67)7-2-11(50)25(53)29(57)15(7)16-8(45(68)78-41)3-12(51)26(54)30(16)58/h1-4,14,37,40-41,48-64,71H,5H2/t14-,37-,40+,41-,48?/m0/s1. The summed E-state index contributed by atoms with van der Waals surface area (Å²) in [6.07, 6.45) is -12.9. The number of aliphatic hydroxyl groups is 1. The van der Waals surface area contributed by atoms with Crippen molar-refractivity contribution in [1.29, 1.82) is 0 Å². The van der Waals surface area contributed by atoms with E-state index in [0.29, 0.717) is 24.3 Å². The van der Waals surface area contributed by atoms with Crippen molar-refractivity contribution in [2.24, 2.45) is 0 Å². The normalized spacial score (nSPS) is 19.3. The molecule has 1 unspecified atom stereocenters. The van der Waals surface area contributed by atoms with Gasteiger partial charge in [-0.15, -0.1) is 0 Å². The number of hydrogen-bond acceptors (Lipinski definition) is 30. The average Bonchev–Trinajstić information content (AvgIpc) is 3.11. The first-order valence-electron chi connectivity index (χ1n) is 21.7. The Morgan fingerprint density at radius 3 is 1.03 bits per heavy atom. The highest BCUT2D eigenvalue weighted by molar-refractivity contribution is 6.29. The van der Waals surface area contributed by atoms with Crippen LogP contribution >= 0.6 is 0 Å². The van der Waals surface area contributed by atoms with Gasteiger partial charge in [-0.05, 0) is 24.3 Å². The lowest BCUT2D eigenvalue weighted by atomic mass is 9.88. The Balaban J connectivity index is 1.22. The number of phenolic OH excluding ortho intramolecular Hbond substituents is 16. The fourth-order valence-electron chi connectivity index (χ4n) is 9.72. The minimum atomic E-state index is -2.70. The molecule has 6 bridgehead atoms. The number of carbonyl (C=O) groups excluding carboxylic acids is 4. The number of ether oxygens (including phenoxy) is 5. The number of carbonyl (C=O) groups is 4. The second-order valence-electron chi connectivity index (χ2n) is 17.4. The van der Waals surface area contributed by atoms with Crippen molar-refractivity contribution in [3.63, 3.8) is 0 Å². The molecule has 5 heterocycles. The highest BCUT2D eigenvalue weighted by atomic mass is 16.7. The van der Waals surface area contributed by atoms with Crippen molar-refractivity contribution >= 4 is 56.6 Å². The van der Waals surface area contributed by atoms with Crippen LogP contribution in [0.25, 0.3) is 66.1 Å². The summed E-state index contributed by atoms with van der Waals surface area (Å²) in [5.41, 5.74) is -17.8. The summed E-state index contributed by atoms with van der Waals surface area (Å²) in [5.74, 6) is -31.1. The molecular weight excluding hydrogens is 1060 g/mol. The van der Waals surface area contributed by atoms with Gasteiger partial charge in [-0.25, -0.2) is 28.8 Å². The van der Waals surface area contributed by atoms with Gasteiger partial charge in [0.2, 0.25) is 34.5 Å². The van der Waals surface area contributed by atoms with Gasteiger partial charge in [-0.3, -0.25) is 0 Å². The van der Waals surface area contributed by atoms with E-state index in [1.807, 2.05) is 0 Å². The maximum Gasteiger partial charge on any atom is 0.345 e. The average molecular weight is 1080 g/mol. The molecular formula is C48H28O30. The van der Waals surface area contributed by atoms with Crippen LogP contribution in [0.4, 0.5) is 0 Å². The van der Waals surface area contributed by atoms with E-state index in [9.17, 15) is 116 Å². The molecule has 30 heteroatoms. The molecule has 0 saturated carbocycles. The lowest BCUT2D eigenvalue weighted by molar-refractivity contribution is -0.284. The van der Waals surface area contributed by atoms with Gasteiger partial charge in [0, 0.05) is 44.2 Å². The number of aromatic hydroxyl groups is 16. The van der Waals surface area contributed by atoms with Crippen molar-refractivity contribution in [1.82, 2.24) is 0 Å². The molecule has 400 valence electrons. The monoisotopic (exact) mass is 1080 g/mol. The Kier molecular flexibility index (Phi) is 10.3. The Bertz CT molecular complexity index is 4240. The molecule has 0 spiro atoms. The van der Waals surface area contributed by atoms with E-state index in [4.69, 9.17) is 32.5 Å². The van der Waals surface area contributed by atoms with Crippen LogP contribution in [0, 0.1) is 0 Å². The van der Waals surface area contributed by atoms with Gasteiger partial charge in [0.25, 0.3) is 0 Å². The van der Waals surface area contributed by atoms with Gasteiger partial charge in [0.15, 0.2) is 93.3 Å². The molecule has 1 fully saturated rings. The van der Waals surface area contributed by atoms with Crippen LogP contribution in [0.1, 0.15) is 41.4 Å². The zero-order valence-electron chi connectivity index (χ0n) is 37.8. The van der Waals surface area contributed by atoms with Crippen LogP contribution in [0.2, 0.25) is 0 Å². The number of fused-ring (bicyclic) bond motifs is 10. The maximum absolute atomic E-state index is 15.0. The van der Waals surface area contributed by atoms with Crippen LogP contribution in [-0.2, 0) is 23.7 Å². The highest BCUT2D eigenvalue weighted by Gasteiger charge is 2.54. The molecule has 30 nitrogen and oxygen atoms in total. The van der Waals surface area contributed by atoms with Crippen LogP contribution < -0.4 is 11.3 Å². The summed E-state index contributed by atoms with van der Waals surface area (Å²) in [5, 5.41) is 185. The summed E-state index contributed by atoms with van der Waals surface area (Å²) in [4.78, 5) is 86.6. The number of benzene rings is 6. The number of hydrogen-bond donors (Lipinski definition) is 17. The molecule has 5 atom stereocenters. The van der Waals surface area contributed by atoms with E-state index in [-0.39, 0.29) is 0 Å². The third kappa shape index (κ3) is 6.49. The van der Waals surface area contributed by atoms with Gasteiger partial charge in [0.05, 0.1) is 33.0 Å². The summed E-state index contributed by atoms with van der Waals surface area (Å²) in [6.45, 7) is -1.46. The van der Waals surface area contributed by atoms with Crippen molar-refractivity contribution in [2.45, 2.75) is 30.7 Å². The van der Waals surface area contributed by atoms with Gasteiger partial charge >= 0.3 is 35.1 Å². The molecule has 0 aliphatic carbocycles. The largest absolute Gasteiger partial charge is 0.504 e. The zero-order chi connectivity index (χ0) is 56.3. The molecule has 78 heavy (non-hydrogen) atoms. The number of aliphatic hydroxyl groups excluding tert-OH is 1. The molecule has 17 N–H and O–H groups in total. The molecule has 11 rings (SSSR count). The second-order valence-corrected chi connectivity index (χ2v) is 17.4. The second kappa shape index (κ2) is 16.4. The molecule has 8 aromatic rings. The lowest BCUT2D eigenvalue weighted by Gasteiger charge is -2.43. The molecule has 2 aromatic heterocycles. The third-order valence-corrected chi connectivity index (χ3v) is 13.2. The van der Waals surface area contributed by atoms with Crippen molar-refractivity contribution in [3.8, 4) is 125 Å². The van der Waals surface area contributed by atoms with Crippen molar-refractivity contribution < 1.29 is 139 Å². The Labute approximate surface area is 424 Å². The molecule has 3 aliphatic rings. The number of cyclic esters (lactones) is 1. The summed E-state index contributed by atoms with van der Waals surface area (Å²) >= 11 is 0. The topological polar surface area (TPSA) is 519 Å². The first-order chi connectivity index (χ1) is 36.8. The highest BCUT2D eigenvalue weighted by Crippen LogP contribution is 2.59.